The zero-order valence-corrected chi connectivity index (χ0v) is 15.7. The van der Waals surface area contributed by atoms with Crippen molar-refractivity contribution in [1.29, 1.82) is 0 Å². The highest BCUT2D eigenvalue weighted by Gasteiger charge is 2.27. The number of nitrogens with one attached hydrogen (secondary N) is 1. The fourth-order valence-corrected chi connectivity index (χ4v) is 4.77. The molecule has 8 heteroatoms. The molecule has 3 N–H and O–H groups in total. The molecule has 1 fully saturated rings. The number of H-pyrrole nitrogens is 1. The van der Waals surface area contributed by atoms with Gasteiger partial charge in [-0.15, -0.1) is 23.1 Å². The third-order valence-electron chi connectivity index (χ3n) is 4.44. The molecule has 130 valence electrons. The lowest BCUT2D eigenvalue weighted by Gasteiger charge is -2.20. The smallest absolute Gasteiger partial charge is 0.259 e. The predicted molar refractivity (Wildman–Crippen MR) is 99.6 cm³/mol. The summed E-state index contributed by atoms with van der Waals surface area (Å²) in [5, 5.41) is 0.504. The molecule has 0 aliphatic carbocycles. The van der Waals surface area contributed by atoms with Crippen LogP contribution >= 0.6 is 23.1 Å². The van der Waals surface area contributed by atoms with Crippen molar-refractivity contribution in [3.63, 3.8) is 0 Å². The maximum absolute atomic E-state index is 12.4. The normalized spacial score (nSPS) is 19.2. The van der Waals surface area contributed by atoms with E-state index in [-0.39, 0.29) is 22.8 Å². The van der Waals surface area contributed by atoms with E-state index in [9.17, 15) is 9.59 Å². The Hall–Kier alpha value is -1.38. The van der Waals surface area contributed by atoms with Crippen molar-refractivity contribution in [1.82, 2.24) is 14.9 Å². The first kappa shape index (κ1) is 17.4. The lowest BCUT2D eigenvalue weighted by molar-refractivity contribution is -0.129. The van der Waals surface area contributed by atoms with Crippen LogP contribution in [0.25, 0.3) is 10.2 Å². The molecule has 3 rings (SSSR count). The second-order valence-electron chi connectivity index (χ2n) is 6.26. The summed E-state index contributed by atoms with van der Waals surface area (Å²) < 4.78 is 0. The van der Waals surface area contributed by atoms with Crippen LogP contribution in [0.3, 0.4) is 0 Å². The number of hydrogen-bond donors (Lipinski definition) is 2. The Bertz CT molecular complexity index is 829. The average molecular weight is 367 g/mol. The number of nitrogens with zero attached hydrogens (tertiary/aromatic N) is 2. The number of likely N-dealkylation sites (tertiary alicyclic amines) is 1. The van der Waals surface area contributed by atoms with E-state index < -0.39 is 0 Å². The molecule has 2 aromatic rings. The number of carbonyl (C=O) groups excluding carboxylic acids is 1. The number of carbonyl (C=O) groups is 1. The number of amides is 1. The molecule has 0 spiro atoms. The number of aryl methyl sites for hydroxylation is 2. The van der Waals surface area contributed by atoms with Crippen molar-refractivity contribution < 1.29 is 4.79 Å². The number of aromatic nitrogens is 2. The largest absolute Gasteiger partial charge is 0.340 e. The summed E-state index contributed by atoms with van der Waals surface area (Å²) in [6, 6.07) is 0.0943. The molecule has 0 bridgehead atoms. The maximum atomic E-state index is 12.4. The molecule has 1 saturated heterocycles. The van der Waals surface area contributed by atoms with Crippen LogP contribution in [-0.4, -0.2) is 45.2 Å². The van der Waals surface area contributed by atoms with Gasteiger partial charge in [-0.1, -0.05) is 0 Å². The molecule has 2 aromatic heterocycles. The van der Waals surface area contributed by atoms with Gasteiger partial charge in [-0.3, -0.25) is 9.59 Å². The van der Waals surface area contributed by atoms with E-state index in [0.717, 1.165) is 28.2 Å². The number of thiophene rings is 1. The van der Waals surface area contributed by atoms with Crippen molar-refractivity contribution in [3.05, 3.63) is 26.6 Å². The number of fused-ring (bicyclic) bond motifs is 1. The summed E-state index contributed by atoms with van der Waals surface area (Å²) >= 11 is 3.03. The van der Waals surface area contributed by atoms with E-state index in [1.807, 2.05) is 25.7 Å². The van der Waals surface area contributed by atoms with Crippen LogP contribution in [0.5, 0.6) is 0 Å². The van der Waals surface area contributed by atoms with Gasteiger partial charge in [-0.25, -0.2) is 4.98 Å². The summed E-state index contributed by atoms with van der Waals surface area (Å²) in [6.45, 7) is 7.21. The quantitative estimate of drug-likeness (QED) is 0.860. The molecule has 0 saturated carbocycles. The van der Waals surface area contributed by atoms with E-state index in [1.54, 1.807) is 0 Å². The molecule has 1 aliphatic heterocycles. The third kappa shape index (κ3) is 3.36. The highest BCUT2D eigenvalue weighted by molar-refractivity contribution is 7.99. The van der Waals surface area contributed by atoms with Gasteiger partial charge in [0, 0.05) is 24.0 Å². The van der Waals surface area contributed by atoms with Crippen LogP contribution < -0.4 is 11.3 Å². The molecule has 1 aliphatic rings. The molecule has 0 aromatic carbocycles. The molecular weight excluding hydrogens is 344 g/mol. The van der Waals surface area contributed by atoms with Crippen LogP contribution in [0.2, 0.25) is 0 Å². The second-order valence-corrected chi connectivity index (χ2v) is 8.79. The highest BCUT2D eigenvalue weighted by Crippen LogP contribution is 2.27. The zero-order valence-electron chi connectivity index (χ0n) is 14.1. The van der Waals surface area contributed by atoms with Gasteiger partial charge in [0.1, 0.15) is 10.7 Å². The van der Waals surface area contributed by atoms with Gasteiger partial charge in [-0.05, 0) is 32.8 Å². The number of hydrogen-bond acceptors (Lipinski definition) is 6. The van der Waals surface area contributed by atoms with Crippen molar-refractivity contribution in [2.75, 3.05) is 13.1 Å². The van der Waals surface area contributed by atoms with Crippen LogP contribution in [-0.2, 0) is 10.5 Å². The Kier molecular flexibility index (Phi) is 4.98. The van der Waals surface area contributed by atoms with Gasteiger partial charge in [-0.2, -0.15) is 0 Å². The predicted octanol–water partition coefficient (Wildman–Crippen LogP) is 1.78. The molecule has 24 heavy (non-hydrogen) atoms. The minimum Gasteiger partial charge on any atom is -0.340 e. The standard InChI is InChI=1S/C16H22N4O2S2/c1-8-9(2)24-15-13(8)14(21)18-12(19-15)7-23-10(3)16(22)20-5-4-11(17)6-20/h10-11H,4-7,17H2,1-3H3,(H,18,19,21)/t10?,11-/m1/s1. The van der Waals surface area contributed by atoms with Crippen molar-refractivity contribution in [2.45, 2.75) is 44.2 Å². The topological polar surface area (TPSA) is 92.1 Å². The minimum atomic E-state index is -0.178. The van der Waals surface area contributed by atoms with Gasteiger partial charge in [0.05, 0.1) is 16.4 Å². The van der Waals surface area contributed by atoms with Crippen LogP contribution in [0.1, 0.15) is 29.6 Å². The Morgan fingerprint density at radius 2 is 2.29 bits per heavy atom. The summed E-state index contributed by atoms with van der Waals surface area (Å²) in [4.78, 5) is 35.8. The maximum Gasteiger partial charge on any atom is 0.259 e. The molecular formula is C16H22N4O2S2. The molecule has 2 atom stereocenters. The molecule has 0 radical (unpaired) electrons. The Balaban J connectivity index is 1.69. The summed E-state index contributed by atoms with van der Waals surface area (Å²) in [7, 11) is 0. The molecule has 1 unspecified atom stereocenters. The fraction of sp³-hybridized carbons (Fsp3) is 0.562. The monoisotopic (exact) mass is 366 g/mol. The number of rotatable bonds is 4. The van der Waals surface area contributed by atoms with Crippen LogP contribution in [0.15, 0.2) is 4.79 Å². The molecule has 3 heterocycles. The number of aromatic amines is 1. The summed E-state index contributed by atoms with van der Waals surface area (Å²) in [6.07, 6.45) is 0.867. The van der Waals surface area contributed by atoms with Gasteiger partial charge in [0.25, 0.3) is 5.56 Å². The van der Waals surface area contributed by atoms with Crippen molar-refractivity contribution in [3.8, 4) is 0 Å². The summed E-state index contributed by atoms with van der Waals surface area (Å²) in [5.41, 5.74) is 6.76. The van der Waals surface area contributed by atoms with E-state index >= 15 is 0 Å². The Morgan fingerprint density at radius 3 is 2.96 bits per heavy atom. The molecule has 1 amide bonds. The first-order valence-electron chi connectivity index (χ1n) is 8.01. The lowest BCUT2D eigenvalue weighted by Crippen LogP contribution is -2.36. The van der Waals surface area contributed by atoms with Crippen molar-refractivity contribution >= 4 is 39.2 Å². The average Bonchev–Trinajstić information content (AvgIpc) is 3.08. The lowest BCUT2D eigenvalue weighted by atomic mass is 10.2. The second kappa shape index (κ2) is 6.85. The highest BCUT2D eigenvalue weighted by atomic mass is 32.2. The Labute approximate surface area is 148 Å². The van der Waals surface area contributed by atoms with E-state index in [4.69, 9.17) is 5.73 Å². The van der Waals surface area contributed by atoms with Gasteiger partial charge < -0.3 is 15.6 Å². The first-order chi connectivity index (χ1) is 11.4. The van der Waals surface area contributed by atoms with Crippen LogP contribution in [0, 0.1) is 13.8 Å². The van der Waals surface area contributed by atoms with E-state index in [0.29, 0.717) is 23.5 Å². The van der Waals surface area contributed by atoms with Gasteiger partial charge >= 0.3 is 0 Å². The molecule has 6 nitrogen and oxygen atoms in total. The third-order valence-corrected chi connectivity index (χ3v) is 6.69. The van der Waals surface area contributed by atoms with Crippen molar-refractivity contribution in [2.24, 2.45) is 5.73 Å². The Morgan fingerprint density at radius 1 is 1.54 bits per heavy atom. The fourth-order valence-electron chi connectivity index (χ4n) is 2.89. The van der Waals surface area contributed by atoms with E-state index in [1.165, 1.54) is 23.1 Å². The van der Waals surface area contributed by atoms with Gasteiger partial charge in [0.15, 0.2) is 0 Å². The summed E-state index contributed by atoms with van der Waals surface area (Å²) in [5.74, 6) is 1.24. The SMILES string of the molecule is Cc1sc2nc(CSC(C)C(=O)N3CC[C@@H](N)C3)[nH]c(=O)c2c1C. The first-order valence-corrected chi connectivity index (χ1v) is 9.88. The van der Waals surface area contributed by atoms with Gasteiger partial charge in [0.2, 0.25) is 5.91 Å². The van der Waals surface area contributed by atoms with E-state index in [2.05, 4.69) is 9.97 Å². The van der Waals surface area contributed by atoms with Crippen LogP contribution in [0.4, 0.5) is 0 Å². The number of thioether (sulfide) groups is 1. The number of nitrogens with two attached hydrogens (primary N) is 1. The zero-order chi connectivity index (χ0) is 17.4. The minimum absolute atomic E-state index is 0.0943.